The fraction of sp³-hybridized carbons (Fsp3) is 0.167. The summed E-state index contributed by atoms with van der Waals surface area (Å²) in [5, 5.41) is 5.68. The van der Waals surface area contributed by atoms with Crippen LogP contribution in [0.15, 0.2) is 77.7 Å². The van der Waals surface area contributed by atoms with Gasteiger partial charge in [0.2, 0.25) is 5.91 Å². The van der Waals surface area contributed by atoms with Crippen LogP contribution in [0.25, 0.3) is 0 Å². The summed E-state index contributed by atoms with van der Waals surface area (Å²) in [6.07, 6.45) is 0.695. The van der Waals surface area contributed by atoms with Gasteiger partial charge in [-0.3, -0.25) is 9.59 Å². The van der Waals surface area contributed by atoms with E-state index in [1.807, 2.05) is 86.6 Å². The van der Waals surface area contributed by atoms with Crippen LogP contribution in [0.3, 0.4) is 0 Å². The summed E-state index contributed by atoms with van der Waals surface area (Å²) in [5.74, 6) is -0.182. The first-order valence-electron chi connectivity index (χ1n) is 9.66. The minimum atomic E-state index is -0.229. The molecule has 3 aromatic rings. The number of carbonyl (C=O) groups is 2. The first kappa shape index (κ1) is 22.4. The lowest BCUT2D eigenvalue weighted by Gasteiger charge is -2.15. The van der Waals surface area contributed by atoms with Crippen molar-refractivity contribution < 1.29 is 9.59 Å². The average Bonchev–Trinajstić information content (AvgIpc) is 2.74. The molecule has 0 bridgehead atoms. The molecular formula is C24H23IN2O2S. The lowest BCUT2D eigenvalue weighted by Crippen LogP contribution is -2.24. The van der Waals surface area contributed by atoms with E-state index in [2.05, 4.69) is 33.2 Å². The molecule has 0 aliphatic heterocycles. The molecule has 2 amide bonds. The van der Waals surface area contributed by atoms with E-state index in [0.717, 1.165) is 19.7 Å². The van der Waals surface area contributed by atoms with E-state index in [-0.39, 0.29) is 17.1 Å². The van der Waals surface area contributed by atoms with Gasteiger partial charge in [0.25, 0.3) is 5.91 Å². The summed E-state index contributed by atoms with van der Waals surface area (Å²) in [4.78, 5) is 26.1. The van der Waals surface area contributed by atoms with E-state index in [9.17, 15) is 9.59 Å². The molecule has 4 nitrogen and oxygen atoms in total. The summed E-state index contributed by atoms with van der Waals surface area (Å²) >= 11 is 3.73. The van der Waals surface area contributed by atoms with Gasteiger partial charge in [0.1, 0.15) is 0 Å². The standard InChI is InChI=1S/C24H23IN2O2S/c1-3-22(24(29)26-19-13-11-18(25)12-14-19)30-21-6-4-5-20(15-21)27-23(28)17-9-7-16(2)8-10-17/h4-15,22H,3H2,1-2H3,(H,26,29)(H,27,28). The second-order valence-corrected chi connectivity index (χ2v) is 9.38. The van der Waals surface area contributed by atoms with Gasteiger partial charge in [-0.05, 0) is 90.5 Å². The van der Waals surface area contributed by atoms with Gasteiger partial charge in [-0.15, -0.1) is 11.8 Å². The molecule has 0 spiro atoms. The molecule has 6 heteroatoms. The maximum atomic E-state index is 12.7. The van der Waals surface area contributed by atoms with Gasteiger partial charge in [-0.1, -0.05) is 30.7 Å². The largest absolute Gasteiger partial charge is 0.325 e. The number of thioether (sulfide) groups is 1. The molecular weight excluding hydrogens is 507 g/mol. The number of aryl methyl sites for hydroxylation is 1. The minimum Gasteiger partial charge on any atom is -0.325 e. The van der Waals surface area contributed by atoms with E-state index in [1.165, 1.54) is 11.8 Å². The van der Waals surface area contributed by atoms with Crippen molar-refractivity contribution in [2.24, 2.45) is 0 Å². The van der Waals surface area contributed by atoms with Crippen molar-refractivity contribution in [1.29, 1.82) is 0 Å². The number of benzene rings is 3. The Labute approximate surface area is 195 Å². The smallest absolute Gasteiger partial charge is 0.255 e. The van der Waals surface area contributed by atoms with Gasteiger partial charge < -0.3 is 10.6 Å². The molecule has 0 saturated carbocycles. The Morgan fingerprint density at radius 3 is 2.30 bits per heavy atom. The number of halogens is 1. The molecule has 0 heterocycles. The maximum absolute atomic E-state index is 12.7. The first-order chi connectivity index (χ1) is 14.4. The molecule has 3 rings (SSSR count). The fourth-order valence-electron chi connectivity index (χ4n) is 2.80. The highest BCUT2D eigenvalue weighted by Gasteiger charge is 2.18. The van der Waals surface area contributed by atoms with Crippen molar-refractivity contribution in [2.45, 2.75) is 30.4 Å². The molecule has 1 atom stereocenters. The molecule has 0 aromatic heterocycles. The van der Waals surface area contributed by atoms with E-state index in [1.54, 1.807) is 0 Å². The van der Waals surface area contributed by atoms with Crippen molar-refractivity contribution in [1.82, 2.24) is 0 Å². The van der Waals surface area contributed by atoms with Gasteiger partial charge in [0.05, 0.1) is 5.25 Å². The Morgan fingerprint density at radius 1 is 0.933 bits per heavy atom. The van der Waals surface area contributed by atoms with Crippen LogP contribution in [0.2, 0.25) is 0 Å². The summed E-state index contributed by atoms with van der Waals surface area (Å²) < 4.78 is 1.12. The molecule has 0 radical (unpaired) electrons. The third-order valence-electron chi connectivity index (χ3n) is 4.46. The summed E-state index contributed by atoms with van der Waals surface area (Å²) in [7, 11) is 0. The van der Waals surface area contributed by atoms with Gasteiger partial charge in [0, 0.05) is 25.4 Å². The third-order valence-corrected chi connectivity index (χ3v) is 6.54. The number of anilines is 2. The van der Waals surface area contributed by atoms with E-state index >= 15 is 0 Å². The zero-order valence-electron chi connectivity index (χ0n) is 16.8. The lowest BCUT2D eigenvalue weighted by atomic mass is 10.1. The van der Waals surface area contributed by atoms with Crippen LogP contribution in [-0.4, -0.2) is 17.1 Å². The molecule has 0 saturated heterocycles. The second-order valence-electron chi connectivity index (χ2n) is 6.86. The number of nitrogens with one attached hydrogen (secondary N) is 2. The van der Waals surface area contributed by atoms with Crippen LogP contribution in [0.4, 0.5) is 11.4 Å². The van der Waals surface area contributed by atoms with Crippen LogP contribution in [0.1, 0.15) is 29.3 Å². The predicted molar refractivity (Wildman–Crippen MR) is 133 cm³/mol. The fourth-order valence-corrected chi connectivity index (χ4v) is 4.17. The highest BCUT2D eigenvalue weighted by Crippen LogP contribution is 2.29. The van der Waals surface area contributed by atoms with Crippen LogP contribution in [0, 0.1) is 10.5 Å². The van der Waals surface area contributed by atoms with Gasteiger partial charge >= 0.3 is 0 Å². The Bertz CT molecular complexity index is 1020. The van der Waals surface area contributed by atoms with Crippen LogP contribution >= 0.6 is 34.4 Å². The number of amides is 2. The van der Waals surface area contributed by atoms with E-state index < -0.39 is 0 Å². The lowest BCUT2D eigenvalue weighted by molar-refractivity contribution is -0.115. The van der Waals surface area contributed by atoms with Crippen molar-refractivity contribution in [3.05, 3.63) is 87.5 Å². The number of hydrogen-bond donors (Lipinski definition) is 2. The SMILES string of the molecule is CCC(Sc1cccc(NC(=O)c2ccc(C)cc2)c1)C(=O)Nc1ccc(I)cc1. The zero-order chi connectivity index (χ0) is 21.5. The average molecular weight is 530 g/mol. The summed E-state index contributed by atoms with van der Waals surface area (Å²) in [6, 6.07) is 22.8. The van der Waals surface area contributed by atoms with Crippen molar-refractivity contribution >= 4 is 57.5 Å². The monoisotopic (exact) mass is 530 g/mol. The minimum absolute atomic E-state index is 0.0298. The van der Waals surface area contributed by atoms with Gasteiger partial charge in [0.15, 0.2) is 0 Å². The molecule has 3 aromatic carbocycles. The van der Waals surface area contributed by atoms with Crippen molar-refractivity contribution in [2.75, 3.05) is 10.6 Å². The Kier molecular flexibility index (Phi) is 7.93. The topological polar surface area (TPSA) is 58.2 Å². The van der Waals surface area contributed by atoms with E-state index in [4.69, 9.17) is 0 Å². The zero-order valence-corrected chi connectivity index (χ0v) is 19.8. The first-order valence-corrected chi connectivity index (χ1v) is 11.6. The van der Waals surface area contributed by atoms with Gasteiger partial charge in [-0.2, -0.15) is 0 Å². The predicted octanol–water partition coefficient (Wildman–Crippen LogP) is 6.36. The normalized spacial score (nSPS) is 11.6. The number of rotatable bonds is 7. The molecule has 2 N–H and O–H groups in total. The summed E-state index contributed by atoms with van der Waals surface area (Å²) in [6.45, 7) is 3.98. The van der Waals surface area contributed by atoms with Crippen LogP contribution < -0.4 is 10.6 Å². The molecule has 30 heavy (non-hydrogen) atoms. The Morgan fingerprint density at radius 2 is 1.63 bits per heavy atom. The summed E-state index contributed by atoms with van der Waals surface area (Å²) in [5.41, 5.74) is 3.22. The maximum Gasteiger partial charge on any atom is 0.255 e. The highest BCUT2D eigenvalue weighted by molar-refractivity contribution is 14.1. The van der Waals surface area contributed by atoms with Crippen molar-refractivity contribution in [3.63, 3.8) is 0 Å². The molecule has 0 aliphatic rings. The molecule has 1 unspecified atom stereocenters. The quantitative estimate of drug-likeness (QED) is 0.276. The van der Waals surface area contributed by atoms with Crippen molar-refractivity contribution in [3.8, 4) is 0 Å². The number of hydrogen-bond acceptors (Lipinski definition) is 3. The Balaban J connectivity index is 1.65. The van der Waals surface area contributed by atoms with E-state index in [0.29, 0.717) is 17.7 Å². The van der Waals surface area contributed by atoms with Crippen LogP contribution in [-0.2, 0) is 4.79 Å². The van der Waals surface area contributed by atoms with Crippen LogP contribution in [0.5, 0.6) is 0 Å². The third kappa shape index (κ3) is 6.34. The second kappa shape index (κ2) is 10.6. The molecule has 0 fully saturated rings. The van der Waals surface area contributed by atoms with Gasteiger partial charge in [-0.25, -0.2) is 0 Å². The number of carbonyl (C=O) groups excluding carboxylic acids is 2. The molecule has 0 aliphatic carbocycles. The highest BCUT2D eigenvalue weighted by atomic mass is 127. The Hall–Kier alpha value is -2.32. The molecule has 154 valence electrons.